The molecule has 1 unspecified atom stereocenters. The Morgan fingerprint density at radius 3 is 2.42 bits per heavy atom. The summed E-state index contributed by atoms with van der Waals surface area (Å²) >= 11 is 0. The van der Waals surface area contributed by atoms with E-state index >= 15 is 0 Å². The van der Waals surface area contributed by atoms with Crippen LogP contribution >= 0.6 is 0 Å². The van der Waals surface area contributed by atoms with E-state index in [1.54, 1.807) is 6.92 Å². The van der Waals surface area contributed by atoms with Crippen molar-refractivity contribution in [2.75, 3.05) is 14.1 Å². The third kappa shape index (κ3) is 5.70. The summed E-state index contributed by atoms with van der Waals surface area (Å²) in [6, 6.07) is 16.0. The normalized spacial score (nSPS) is 12.0. The van der Waals surface area contributed by atoms with Gasteiger partial charge in [0, 0.05) is 13.1 Å². The van der Waals surface area contributed by atoms with E-state index in [0.717, 1.165) is 17.7 Å². The molecule has 0 saturated carbocycles. The zero-order valence-electron chi connectivity index (χ0n) is 14.9. The molecular formula is C20H26N2O2. The molecule has 2 rings (SSSR count). The summed E-state index contributed by atoms with van der Waals surface area (Å²) in [5.74, 6) is 0.597. The monoisotopic (exact) mass is 326 g/mol. The highest BCUT2D eigenvalue weighted by atomic mass is 16.5. The van der Waals surface area contributed by atoms with E-state index < -0.39 is 6.10 Å². The number of rotatable bonds is 7. The first-order chi connectivity index (χ1) is 11.4. The predicted octanol–water partition coefficient (Wildman–Crippen LogP) is 3.14. The molecule has 1 N–H and O–H groups in total. The number of nitrogens with one attached hydrogen (secondary N) is 1. The van der Waals surface area contributed by atoms with Crippen molar-refractivity contribution >= 4 is 5.91 Å². The first-order valence-corrected chi connectivity index (χ1v) is 8.17. The van der Waals surface area contributed by atoms with Crippen molar-refractivity contribution in [3.8, 4) is 5.75 Å². The Kier molecular flexibility index (Phi) is 6.38. The fourth-order valence-corrected chi connectivity index (χ4v) is 2.41. The van der Waals surface area contributed by atoms with Gasteiger partial charge in [-0.2, -0.15) is 0 Å². The Balaban J connectivity index is 1.83. The third-order valence-corrected chi connectivity index (χ3v) is 3.66. The maximum Gasteiger partial charge on any atom is 0.261 e. The lowest BCUT2D eigenvalue weighted by Crippen LogP contribution is -2.35. The predicted molar refractivity (Wildman–Crippen MR) is 96.9 cm³/mol. The number of nitrogens with zero attached hydrogens (tertiary/aromatic N) is 1. The van der Waals surface area contributed by atoms with Gasteiger partial charge in [0.05, 0.1) is 0 Å². The van der Waals surface area contributed by atoms with Gasteiger partial charge in [-0.15, -0.1) is 0 Å². The third-order valence-electron chi connectivity index (χ3n) is 3.66. The average molecular weight is 326 g/mol. The van der Waals surface area contributed by atoms with Crippen LogP contribution in [0, 0.1) is 6.92 Å². The van der Waals surface area contributed by atoms with Crippen LogP contribution in [0.15, 0.2) is 48.5 Å². The molecular weight excluding hydrogens is 300 g/mol. The van der Waals surface area contributed by atoms with Crippen LogP contribution in [0.2, 0.25) is 0 Å². The van der Waals surface area contributed by atoms with Crippen LogP contribution in [0.1, 0.15) is 23.6 Å². The Morgan fingerprint density at radius 2 is 1.79 bits per heavy atom. The maximum atomic E-state index is 12.2. The summed E-state index contributed by atoms with van der Waals surface area (Å²) in [5.41, 5.74) is 3.44. The van der Waals surface area contributed by atoms with Crippen molar-refractivity contribution in [2.24, 2.45) is 0 Å². The minimum Gasteiger partial charge on any atom is -0.481 e. The summed E-state index contributed by atoms with van der Waals surface area (Å²) < 4.78 is 5.69. The summed E-state index contributed by atoms with van der Waals surface area (Å²) in [4.78, 5) is 14.3. The number of amides is 1. The van der Waals surface area contributed by atoms with Crippen LogP contribution in [0.25, 0.3) is 0 Å². The molecule has 0 aromatic heterocycles. The lowest BCUT2D eigenvalue weighted by atomic mass is 10.1. The molecule has 0 aliphatic rings. The standard InChI is InChI=1S/C20H26N2O2/c1-15-6-5-7-19(12-15)24-16(2)20(23)21-13-17-8-10-18(11-9-17)14-22(3)4/h5-12,16H,13-14H2,1-4H3,(H,21,23). The van der Waals surface area contributed by atoms with E-state index in [-0.39, 0.29) is 5.91 Å². The summed E-state index contributed by atoms with van der Waals surface area (Å²) in [5, 5.41) is 2.92. The Bertz CT molecular complexity index is 666. The molecule has 0 bridgehead atoms. The Morgan fingerprint density at radius 1 is 1.12 bits per heavy atom. The van der Waals surface area contributed by atoms with Gasteiger partial charge in [-0.1, -0.05) is 36.4 Å². The van der Waals surface area contributed by atoms with Crippen LogP contribution < -0.4 is 10.1 Å². The van der Waals surface area contributed by atoms with E-state index in [0.29, 0.717) is 12.3 Å². The zero-order valence-corrected chi connectivity index (χ0v) is 14.9. The topological polar surface area (TPSA) is 41.6 Å². The molecule has 128 valence electrons. The fraction of sp³-hybridized carbons (Fsp3) is 0.350. The number of carbonyl (C=O) groups is 1. The van der Waals surface area contributed by atoms with Crippen LogP contribution in [-0.4, -0.2) is 31.0 Å². The summed E-state index contributed by atoms with van der Waals surface area (Å²) in [6.07, 6.45) is -0.528. The van der Waals surface area contributed by atoms with Gasteiger partial charge in [0.1, 0.15) is 5.75 Å². The van der Waals surface area contributed by atoms with Crippen molar-refractivity contribution in [2.45, 2.75) is 33.0 Å². The van der Waals surface area contributed by atoms with E-state index in [1.165, 1.54) is 5.56 Å². The van der Waals surface area contributed by atoms with Crippen LogP contribution in [-0.2, 0) is 17.9 Å². The number of ether oxygens (including phenoxy) is 1. The molecule has 24 heavy (non-hydrogen) atoms. The highest BCUT2D eigenvalue weighted by Gasteiger charge is 2.14. The van der Waals surface area contributed by atoms with Crippen molar-refractivity contribution in [3.05, 3.63) is 65.2 Å². The molecule has 2 aromatic carbocycles. The molecule has 0 heterocycles. The quantitative estimate of drug-likeness (QED) is 0.850. The number of aryl methyl sites for hydroxylation is 1. The van der Waals surface area contributed by atoms with Crippen molar-refractivity contribution in [1.29, 1.82) is 0 Å². The molecule has 0 saturated heterocycles. The molecule has 1 atom stereocenters. The lowest BCUT2D eigenvalue weighted by Gasteiger charge is -2.15. The van der Waals surface area contributed by atoms with Crippen LogP contribution in [0.5, 0.6) is 5.75 Å². The largest absolute Gasteiger partial charge is 0.481 e. The summed E-state index contributed by atoms with van der Waals surface area (Å²) in [6.45, 7) is 5.17. The second kappa shape index (κ2) is 8.50. The highest BCUT2D eigenvalue weighted by Crippen LogP contribution is 2.14. The number of carbonyl (C=O) groups excluding carboxylic acids is 1. The Hall–Kier alpha value is -2.33. The van der Waals surface area contributed by atoms with Crippen LogP contribution in [0.4, 0.5) is 0 Å². The van der Waals surface area contributed by atoms with Gasteiger partial charge in [-0.05, 0) is 56.8 Å². The van der Waals surface area contributed by atoms with Gasteiger partial charge >= 0.3 is 0 Å². The van der Waals surface area contributed by atoms with Gasteiger partial charge in [0.2, 0.25) is 0 Å². The second-order valence-corrected chi connectivity index (χ2v) is 6.35. The molecule has 2 aromatic rings. The molecule has 1 amide bonds. The summed E-state index contributed by atoms with van der Waals surface area (Å²) in [7, 11) is 4.09. The smallest absolute Gasteiger partial charge is 0.261 e. The minimum atomic E-state index is -0.528. The van der Waals surface area contributed by atoms with E-state index in [1.807, 2.05) is 57.4 Å². The molecule has 0 aliphatic heterocycles. The van der Waals surface area contributed by atoms with E-state index in [9.17, 15) is 4.79 Å². The average Bonchev–Trinajstić information content (AvgIpc) is 2.53. The van der Waals surface area contributed by atoms with E-state index in [2.05, 4.69) is 22.3 Å². The van der Waals surface area contributed by atoms with Crippen LogP contribution in [0.3, 0.4) is 0 Å². The lowest BCUT2D eigenvalue weighted by molar-refractivity contribution is -0.127. The van der Waals surface area contributed by atoms with Gasteiger partial charge in [-0.3, -0.25) is 4.79 Å². The second-order valence-electron chi connectivity index (χ2n) is 6.35. The van der Waals surface area contributed by atoms with Gasteiger partial charge < -0.3 is 15.0 Å². The molecule has 4 nitrogen and oxygen atoms in total. The molecule has 0 spiro atoms. The van der Waals surface area contributed by atoms with Gasteiger partial charge in [-0.25, -0.2) is 0 Å². The van der Waals surface area contributed by atoms with Crippen molar-refractivity contribution in [1.82, 2.24) is 10.2 Å². The number of hydrogen-bond donors (Lipinski definition) is 1. The number of hydrogen-bond acceptors (Lipinski definition) is 3. The molecule has 0 fully saturated rings. The Labute approximate surface area is 144 Å². The maximum absolute atomic E-state index is 12.2. The molecule has 4 heteroatoms. The van der Waals surface area contributed by atoms with Crippen molar-refractivity contribution in [3.63, 3.8) is 0 Å². The zero-order chi connectivity index (χ0) is 17.5. The first-order valence-electron chi connectivity index (χ1n) is 8.17. The SMILES string of the molecule is Cc1cccc(OC(C)C(=O)NCc2ccc(CN(C)C)cc2)c1. The van der Waals surface area contributed by atoms with Gasteiger partial charge in [0.25, 0.3) is 5.91 Å². The minimum absolute atomic E-state index is 0.117. The molecule has 0 radical (unpaired) electrons. The van der Waals surface area contributed by atoms with Crippen molar-refractivity contribution < 1.29 is 9.53 Å². The molecule has 0 aliphatic carbocycles. The highest BCUT2D eigenvalue weighted by molar-refractivity contribution is 5.80. The first kappa shape index (κ1) is 18.0. The van der Waals surface area contributed by atoms with Gasteiger partial charge in [0.15, 0.2) is 6.10 Å². The number of benzene rings is 2. The van der Waals surface area contributed by atoms with E-state index in [4.69, 9.17) is 4.74 Å². The fourth-order valence-electron chi connectivity index (χ4n) is 2.41.